The largest absolute Gasteiger partial charge is 0.468 e. The molecule has 1 aliphatic rings. The molecule has 0 saturated carbocycles. The lowest BCUT2D eigenvalue weighted by molar-refractivity contribution is -0.146. The predicted molar refractivity (Wildman–Crippen MR) is 79.0 cm³/mol. The van der Waals surface area contributed by atoms with Crippen molar-refractivity contribution in [2.24, 2.45) is 11.8 Å². The quantitative estimate of drug-likeness (QED) is 0.793. The van der Waals surface area contributed by atoms with E-state index in [1.165, 1.54) is 23.5 Å². The van der Waals surface area contributed by atoms with Crippen LogP contribution in [0.4, 0.5) is 4.39 Å². The number of carbonyl (C=O) groups excluding carboxylic acids is 1. The summed E-state index contributed by atoms with van der Waals surface area (Å²) in [5.74, 6) is -1.01. The van der Waals surface area contributed by atoms with Crippen LogP contribution in [0.15, 0.2) is 29.2 Å². The fourth-order valence-electron chi connectivity index (χ4n) is 2.91. The molecule has 1 fully saturated rings. The van der Waals surface area contributed by atoms with Gasteiger partial charge in [-0.05, 0) is 42.5 Å². The molecule has 7 heteroatoms. The number of ether oxygens (including phenoxy) is 1. The SMILES string of the molecule is COC(=O)[C@@H]1[C@@H](C(C)C)CCN1S(=O)(=O)c1ccc(F)cc1. The second-order valence-electron chi connectivity index (χ2n) is 5.73. The fourth-order valence-corrected chi connectivity index (χ4v) is 4.55. The van der Waals surface area contributed by atoms with E-state index in [2.05, 4.69) is 0 Å². The summed E-state index contributed by atoms with van der Waals surface area (Å²) in [7, 11) is -2.61. The van der Waals surface area contributed by atoms with Gasteiger partial charge in [-0.2, -0.15) is 4.31 Å². The van der Waals surface area contributed by atoms with Gasteiger partial charge in [0.05, 0.1) is 12.0 Å². The highest BCUT2D eigenvalue weighted by Crippen LogP contribution is 2.35. The molecule has 22 heavy (non-hydrogen) atoms. The highest BCUT2D eigenvalue weighted by atomic mass is 32.2. The summed E-state index contributed by atoms with van der Waals surface area (Å²) in [4.78, 5) is 12.1. The van der Waals surface area contributed by atoms with Gasteiger partial charge < -0.3 is 4.74 Å². The molecule has 0 aliphatic carbocycles. The van der Waals surface area contributed by atoms with Gasteiger partial charge in [-0.15, -0.1) is 0 Å². The lowest BCUT2D eigenvalue weighted by atomic mass is 9.89. The topological polar surface area (TPSA) is 63.7 Å². The van der Waals surface area contributed by atoms with Gasteiger partial charge in [0.25, 0.3) is 0 Å². The van der Waals surface area contributed by atoms with Crippen molar-refractivity contribution in [2.75, 3.05) is 13.7 Å². The van der Waals surface area contributed by atoms with Gasteiger partial charge in [0.1, 0.15) is 11.9 Å². The first-order valence-electron chi connectivity index (χ1n) is 7.14. The highest BCUT2D eigenvalue weighted by Gasteiger charge is 2.47. The van der Waals surface area contributed by atoms with Crippen molar-refractivity contribution in [3.8, 4) is 0 Å². The number of halogens is 1. The van der Waals surface area contributed by atoms with E-state index in [1.54, 1.807) is 0 Å². The first-order chi connectivity index (χ1) is 10.3. The summed E-state index contributed by atoms with van der Waals surface area (Å²) < 4.78 is 44.4. The molecule has 0 bridgehead atoms. The molecule has 0 N–H and O–H groups in total. The number of hydrogen-bond donors (Lipinski definition) is 0. The lowest BCUT2D eigenvalue weighted by Gasteiger charge is -2.27. The van der Waals surface area contributed by atoms with E-state index in [0.717, 1.165) is 12.1 Å². The van der Waals surface area contributed by atoms with E-state index < -0.39 is 27.9 Å². The van der Waals surface area contributed by atoms with E-state index in [0.29, 0.717) is 6.42 Å². The summed E-state index contributed by atoms with van der Waals surface area (Å²) in [6, 6.07) is 3.77. The number of benzene rings is 1. The Kier molecular flexibility index (Phi) is 4.87. The molecule has 2 rings (SSSR count). The zero-order valence-electron chi connectivity index (χ0n) is 12.8. The van der Waals surface area contributed by atoms with Crippen LogP contribution in [-0.4, -0.2) is 38.4 Å². The molecular weight excluding hydrogens is 309 g/mol. The van der Waals surface area contributed by atoms with E-state index >= 15 is 0 Å². The van der Waals surface area contributed by atoms with Crippen molar-refractivity contribution in [3.05, 3.63) is 30.1 Å². The van der Waals surface area contributed by atoms with Crippen LogP contribution in [-0.2, 0) is 19.6 Å². The number of nitrogens with zero attached hydrogens (tertiary/aromatic N) is 1. The fraction of sp³-hybridized carbons (Fsp3) is 0.533. The summed E-state index contributed by atoms with van der Waals surface area (Å²) in [5.41, 5.74) is 0. The number of carbonyl (C=O) groups is 1. The second-order valence-corrected chi connectivity index (χ2v) is 7.62. The summed E-state index contributed by atoms with van der Waals surface area (Å²) in [5, 5.41) is 0. The number of esters is 1. The third kappa shape index (κ3) is 3.01. The molecular formula is C15H20FNO4S. The lowest BCUT2D eigenvalue weighted by Crippen LogP contribution is -2.44. The Labute approximate surface area is 130 Å². The predicted octanol–water partition coefficient (Wildman–Crippen LogP) is 2.03. The van der Waals surface area contributed by atoms with Gasteiger partial charge in [-0.1, -0.05) is 13.8 Å². The van der Waals surface area contributed by atoms with Crippen LogP contribution in [0, 0.1) is 17.7 Å². The summed E-state index contributed by atoms with van der Waals surface area (Å²) in [6.45, 7) is 4.16. The molecule has 0 radical (unpaired) electrons. The normalized spacial score (nSPS) is 23.0. The van der Waals surface area contributed by atoms with Crippen molar-refractivity contribution in [1.29, 1.82) is 0 Å². The van der Waals surface area contributed by atoms with Crippen molar-refractivity contribution >= 4 is 16.0 Å². The van der Waals surface area contributed by atoms with Crippen LogP contribution in [0.3, 0.4) is 0 Å². The zero-order chi connectivity index (χ0) is 16.5. The van der Waals surface area contributed by atoms with E-state index in [4.69, 9.17) is 4.74 Å². The van der Waals surface area contributed by atoms with Gasteiger partial charge in [-0.25, -0.2) is 12.8 Å². The maximum absolute atomic E-state index is 13.0. The van der Waals surface area contributed by atoms with Gasteiger partial charge in [0, 0.05) is 6.54 Å². The van der Waals surface area contributed by atoms with Crippen molar-refractivity contribution in [1.82, 2.24) is 4.31 Å². The smallest absolute Gasteiger partial charge is 0.324 e. The van der Waals surface area contributed by atoms with Crippen molar-refractivity contribution < 1.29 is 22.3 Å². The van der Waals surface area contributed by atoms with Gasteiger partial charge >= 0.3 is 5.97 Å². The molecule has 2 atom stereocenters. The van der Waals surface area contributed by atoms with Crippen molar-refractivity contribution in [3.63, 3.8) is 0 Å². The van der Waals surface area contributed by atoms with E-state index in [-0.39, 0.29) is 23.3 Å². The minimum Gasteiger partial charge on any atom is -0.468 e. The molecule has 1 aliphatic heterocycles. The molecule has 122 valence electrons. The minimum atomic E-state index is -3.86. The summed E-state index contributed by atoms with van der Waals surface area (Å²) >= 11 is 0. The van der Waals surface area contributed by atoms with E-state index in [9.17, 15) is 17.6 Å². The Morgan fingerprint density at radius 2 is 1.91 bits per heavy atom. The average Bonchev–Trinajstić information content (AvgIpc) is 2.92. The Hall–Kier alpha value is -1.47. The Morgan fingerprint density at radius 1 is 1.32 bits per heavy atom. The first kappa shape index (κ1) is 16.9. The Balaban J connectivity index is 2.40. The van der Waals surface area contributed by atoms with Gasteiger partial charge in [0.2, 0.25) is 10.0 Å². The van der Waals surface area contributed by atoms with Crippen molar-refractivity contribution in [2.45, 2.75) is 31.2 Å². The monoisotopic (exact) mass is 329 g/mol. The maximum atomic E-state index is 13.0. The number of sulfonamides is 1. The average molecular weight is 329 g/mol. The Bertz CT molecular complexity index is 642. The third-order valence-corrected chi connectivity index (χ3v) is 6.01. The zero-order valence-corrected chi connectivity index (χ0v) is 13.6. The van der Waals surface area contributed by atoms with Crippen LogP contribution in [0.1, 0.15) is 20.3 Å². The molecule has 1 heterocycles. The highest BCUT2D eigenvalue weighted by molar-refractivity contribution is 7.89. The molecule has 1 aromatic carbocycles. The van der Waals surface area contributed by atoms with Crippen LogP contribution in [0.2, 0.25) is 0 Å². The molecule has 0 amide bonds. The molecule has 0 unspecified atom stereocenters. The Morgan fingerprint density at radius 3 is 2.41 bits per heavy atom. The second kappa shape index (κ2) is 6.34. The van der Waals surface area contributed by atoms with E-state index in [1.807, 2.05) is 13.8 Å². The number of rotatable bonds is 4. The first-order valence-corrected chi connectivity index (χ1v) is 8.58. The van der Waals surface area contributed by atoms with Gasteiger partial charge in [-0.3, -0.25) is 4.79 Å². The molecule has 5 nitrogen and oxygen atoms in total. The van der Waals surface area contributed by atoms with Crippen LogP contribution in [0.25, 0.3) is 0 Å². The standard InChI is InChI=1S/C15H20FNO4S/c1-10(2)13-8-9-17(14(13)15(18)21-3)22(19,20)12-6-4-11(16)5-7-12/h4-7,10,13-14H,8-9H2,1-3H3/t13-,14+/m1/s1. The number of hydrogen-bond acceptors (Lipinski definition) is 4. The molecule has 0 spiro atoms. The molecule has 1 aromatic rings. The maximum Gasteiger partial charge on any atom is 0.324 e. The number of methoxy groups -OCH3 is 1. The van der Waals surface area contributed by atoms with Crippen LogP contribution < -0.4 is 0 Å². The van der Waals surface area contributed by atoms with Crippen LogP contribution in [0.5, 0.6) is 0 Å². The minimum absolute atomic E-state index is 0.0211. The van der Waals surface area contributed by atoms with Gasteiger partial charge in [0.15, 0.2) is 0 Å². The molecule has 1 saturated heterocycles. The van der Waals surface area contributed by atoms with Crippen LogP contribution >= 0.6 is 0 Å². The third-order valence-electron chi connectivity index (χ3n) is 4.12. The molecule has 0 aromatic heterocycles. The summed E-state index contributed by atoms with van der Waals surface area (Å²) in [6.07, 6.45) is 0.595.